The molecule has 20 heavy (non-hydrogen) atoms. The van der Waals surface area contributed by atoms with Crippen molar-refractivity contribution >= 4 is 22.9 Å². The largest absolute Gasteiger partial charge is 0.359 e. The summed E-state index contributed by atoms with van der Waals surface area (Å²) in [6, 6.07) is 0.0923. The molecule has 7 nitrogen and oxygen atoms in total. The van der Waals surface area contributed by atoms with Crippen LogP contribution in [-0.2, 0) is 4.79 Å². The molecule has 1 aliphatic rings. The topological polar surface area (TPSA) is 95.6 Å². The van der Waals surface area contributed by atoms with E-state index in [0.717, 1.165) is 36.0 Å². The third-order valence-corrected chi connectivity index (χ3v) is 3.91. The van der Waals surface area contributed by atoms with Gasteiger partial charge in [0.15, 0.2) is 5.65 Å². The lowest BCUT2D eigenvalue weighted by Crippen LogP contribution is -2.36. The van der Waals surface area contributed by atoms with Gasteiger partial charge in [-0.3, -0.25) is 9.89 Å². The first-order valence-corrected chi connectivity index (χ1v) is 6.85. The lowest BCUT2D eigenvalue weighted by molar-refractivity contribution is -0.124. The molecule has 0 saturated heterocycles. The van der Waals surface area contributed by atoms with Gasteiger partial charge in [0.2, 0.25) is 11.9 Å². The van der Waals surface area contributed by atoms with E-state index in [2.05, 4.69) is 30.8 Å². The molecule has 0 spiro atoms. The predicted octanol–water partition coefficient (Wildman–Crippen LogP) is 0.988. The zero-order valence-corrected chi connectivity index (χ0v) is 11.6. The van der Waals surface area contributed by atoms with Gasteiger partial charge in [-0.15, -0.1) is 0 Å². The van der Waals surface area contributed by atoms with Gasteiger partial charge >= 0.3 is 0 Å². The predicted molar refractivity (Wildman–Crippen MR) is 75.2 cm³/mol. The Bertz CT molecular complexity index is 637. The van der Waals surface area contributed by atoms with Crippen molar-refractivity contribution in [2.45, 2.75) is 32.2 Å². The Hall–Kier alpha value is -2.18. The van der Waals surface area contributed by atoms with E-state index >= 15 is 0 Å². The molecule has 2 heterocycles. The van der Waals surface area contributed by atoms with E-state index in [1.807, 2.05) is 6.92 Å². The molecular formula is C13H18N6O. The minimum Gasteiger partial charge on any atom is -0.359 e. The summed E-state index contributed by atoms with van der Waals surface area (Å²) >= 11 is 0. The lowest BCUT2D eigenvalue weighted by Gasteiger charge is -2.19. The zero-order chi connectivity index (χ0) is 14.1. The second-order valence-corrected chi connectivity index (χ2v) is 5.17. The smallest absolute Gasteiger partial charge is 0.225 e. The van der Waals surface area contributed by atoms with Gasteiger partial charge in [-0.2, -0.15) is 10.1 Å². The Kier molecular flexibility index (Phi) is 3.25. The van der Waals surface area contributed by atoms with Crippen molar-refractivity contribution in [2.75, 3.05) is 12.4 Å². The molecular weight excluding hydrogens is 256 g/mol. The quantitative estimate of drug-likeness (QED) is 0.775. The monoisotopic (exact) mass is 274 g/mol. The number of fused-ring (bicyclic) bond motifs is 1. The van der Waals surface area contributed by atoms with E-state index in [-0.39, 0.29) is 17.9 Å². The molecule has 2 aromatic heterocycles. The number of carbonyl (C=O) groups is 1. The van der Waals surface area contributed by atoms with Crippen LogP contribution in [0.4, 0.5) is 5.95 Å². The van der Waals surface area contributed by atoms with Gasteiger partial charge < -0.3 is 10.6 Å². The first-order valence-electron chi connectivity index (χ1n) is 6.85. The molecule has 0 bridgehead atoms. The Balaban J connectivity index is 1.83. The Morgan fingerprint density at radius 3 is 3.05 bits per heavy atom. The second kappa shape index (κ2) is 5.07. The molecule has 2 atom stereocenters. The Morgan fingerprint density at radius 2 is 2.25 bits per heavy atom. The summed E-state index contributed by atoms with van der Waals surface area (Å²) in [6.45, 7) is 1.93. The van der Waals surface area contributed by atoms with Gasteiger partial charge in [-0.05, 0) is 19.8 Å². The maximum absolute atomic E-state index is 11.8. The number of H-pyrrole nitrogens is 1. The number of aromatic nitrogens is 4. The molecule has 7 heteroatoms. The average Bonchev–Trinajstić information content (AvgIpc) is 3.07. The SMILES string of the molecule is CNC(=O)C1CCCC1Nc1nc(C)c2cn[nH]c2n1. The summed E-state index contributed by atoms with van der Waals surface area (Å²) in [5, 5.41) is 13.8. The van der Waals surface area contributed by atoms with Crippen molar-refractivity contribution in [3.8, 4) is 0 Å². The Labute approximate surface area is 116 Å². The maximum atomic E-state index is 11.8. The van der Waals surface area contributed by atoms with E-state index in [4.69, 9.17) is 0 Å². The fourth-order valence-corrected chi connectivity index (χ4v) is 2.84. The molecule has 2 aromatic rings. The molecule has 1 amide bonds. The van der Waals surface area contributed by atoms with Crippen LogP contribution in [0.25, 0.3) is 11.0 Å². The van der Waals surface area contributed by atoms with Crippen LogP contribution >= 0.6 is 0 Å². The Morgan fingerprint density at radius 1 is 1.40 bits per heavy atom. The highest BCUT2D eigenvalue weighted by atomic mass is 16.1. The number of aromatic amines is 1. The van der Waals surface area contributed by atoms with Crippen molar-refractivity contribution in [2.24, 2.45) is 5.92 Å². The van der Waals surface area contributed by atoms with E-state index < -0.39 is 0 Å². The van der Waals surface area contributed by atoms with E-state index in [1.54, 1.807) is 13.2 Å². The number of carbonyl (C=O) groups excluding carboxylic acids is 1. The van der Waals surface area contributed by atoms with Gasteiger partial charge in [0.05, 0.1) is 23.2 Å². The minimum atomic E-state index is -0.0126. The third-order valence-electron chi connectivity index (χ3n) is 3.91. The molecule has 0 radical (unpaired) electrons. The maximum Gasteiger partial charge on any atom is 0.225 e. The number of nitrogens with zero attached hydrogens (tertiary/aromatic N) is 3. The van der Waals surface area contributed by atoms with Crippen molar-refractivity contribution in [3.05, 3.63) is 11.9 Å². The molecule has 1 fully saturated rings. The van der Waals surface area contributed by atoms with Crippen molar-refractivity contribution < 1.29 is 4.79 Å². The molecule has 0 aromatic carbocycles. The number of nitrogens with one attached hydrogen (secondary N) is 3. The number of hydrogen-bond acceptors (Lipinski definition) is 5. The van der Waals surface area contributed by atoms with Crippen LogP contribution in [0.15, 0.2) is 6.20 Å². The highest BCUT2D eigenvalue weighted by Crippen LogP contribution is 2.28. The number of rotatable bonds is 3. The van der Waals surface area contributed by atoms with E-state index in [0.29, 0.717) is 5.95 Å². The molecule has 106 valence electrons. The molecule has 1 aliphatic carbocycles. The molecule has 2 unspecified atom stereocenters. The third kappa shape index (κ3) is 2.19. The standard InChI is InChI=1S/C13H18N6O/c1-7-9-6-15-19-11(9)18-13(16-7)17-10-5-3-4-8(10)12(20)14-2/h6,8,10H,3-5H2,1-2H3,(H,14,20)(H2,15,16,17,18,19). The van der Waals surface area contributed by atoms with Gasteiger partial charge in [0.1, 0.15) is 0 Å². The zero-order valence-electron chi connectivity index (χ0n) is 11.6. The van der Waals surface area contributed by atoms with Crippen LogP contribution in [0.2, 0.25) is 0 Å². The van der Waals surface area contributed by atoms with Crippen LogP contribution in [0, 0.1) is 12.8 Å². The summed E-state index contributed by atoms with van der Waals surface area (Å²) in [5.74, 6) is 0.626. The summed E-state index contributed by atoms with van der Waals surface area (Å²) in [4.78, 5) is 20.7. The van der Waals surface area contributed by atoms with E-state index in [9.17, 15) is 4.79 Å². The lowest BCUT2D eigenvalue weighted by atomic mass is 10.0. The van der Waals surface area contributed by atoms with Crippen LogP contribution < -0.4 is 10.6 Å². The molecule has 3 N–H and O–H groups in total. The minimum absolute atomic E-state index is 0.0126. The summed E-state index contributed by atoms with van der Waals surface area (Å²) < 4.78 is 0. The number of hydrogen-bond donors (Lipinski definition) is 3. The normalized spacial score (nSPS) is 22.1. The fourth-order valence-electron chi connectivity index (χ4n) is 2.84. The number of amides is 1. The van der Waals surface area contributed by atoms with Crippen LogP contribution in [-0.4, -0.2) is 39.2 Å². The summed E-state index contributed by atoms with van der Waals surface area (Å²) in [6.07, 6.45) is 4.63. The van der Waals surface area contributed by atoms with Crippen molar-refractivity contribution in [1.29, 1.82) is 0 Å². The number of anilines is 1. The van der Waals surface area contributed by atoms with Crippen molar-refractivity contribution in [1.82, 2.24) is 25.5 Å². The van der Waals surface area contributed by atoms with Gasteiger partial charge in [-0.1, -0.05) is 6.42 Å². The summed E-state index contributed by atoms with van der Waals surface area (Å²) in [5.41, 5.74) is 1.59. The van der Waals surface area contributed by atoms with Gasteiger partial charge in [0, 0.05) is 13.1 Å². The average molecular weight is 274 g/mol. The van der Waals surface area contributed by atoms with Crippen LogP contribution in [0.5, 0.6) is 0 Å². The number of aryl methyl sites for hydroxylation is 1. The van der Waals surface area contributed by atoms with Gasteiger partial charge in [0.25, 0.3) is 0 Å². The first-order chi connectivity index (χ1) is 9.69. The van der Waals surface area contributed by atoms with Crippen molar-refractivity contribution in [3.63, 3.8) is 0 Å². The van der Waals surface area contributed by atoms with Crippen LogP contribution in [0.3, 0.4) is 0 Å². The van der Waals surface area contributed by atoms with Crippen LogP contribution in [0.1, 0.15) is 25.0 Å². The summed E-state index contributed by atoms with van der Waals surface area (Å²) in [7, 11) is 1.68. The molecule has 1 saturated carbocycles. The highest BCUT2D eigenvalue weighted by Gasteiger charge is 2.32. The second-order valence-electron chi connectivity index (χ2n) is 5.17. The van der Waals surface area contributed by atoms with Gasteiger partial charge in [-0.25, -0.2) is 4.98 Å². The highest BCUT2D eigenvalue weighted by molar-refractivity contribution is 5.80. The fraction of sp³-hybridized carbons (Fsp3) is 0.538. The molecule has 0 aliphatic heterocycles. The first kappa shape index (κ1) is 12.8. The molecule has 3 rings (SSSR count). The van der Waals surface area contributed by atoms with E-state index in [1.165, 1.54) is 0 Å².